The molecule has 0 aliphatic rings. The number of hydrogen-bond donors (Lipinski definition) is 0. The predicted molar refractivity (Wildman–Crippen MR) is 98.4 cm³/mol. The molecule has 1 aromatic heterocycles. The summed E-state index contributed by atoms with van der Waals surface area (Å²) in [6.07, 6.45) is 5.51. The highest BCUT2D eigenvalue weighted by Gasteiger charge is 2.10. The number of benzene rings is 1. The number of oxime groups is 1. The van der Waals surface area contributed by atoms with Gasteiger partial charge in [0.15, 0.2) is 0 Å². The van der Waals surface area contributed by atoms with Gasteiger partial charge in [0.05, 0.1) is 11.9 Å². The van der Waals surface area contributed by atoms with E-state index in [4.69, 9.17) is 9.47 Å². The Balaban J connectivity index is 2.08. The zero-order valence-electron chi connectivity index (χ0n) is 15.4. The fourth-order valence-corrected chi connectivity index (χ4v) is 2.44. The Labute approximate surface area is 148 Å². The molecule has 2 rings (SSSR count). The summed E-state index contributed by atoms with van der Waals surface area (Å²) in [5.74, 6) is 1.71. The molecular weight excluding hydrogens is 318 g/mol. The summed E-state index contributed by atoms with van der Waals surface area (Å²) in [4.78, 5) is 4.67. The second-order valence-electron chi connectivity index (χ2n) is 5.66. The normalized spacial score (nSPS) is 11.4. The Morgan fingerprint density at radius 2 is 1.88 bits per heavy atom. The van der Waals surface area contributed by atoms with Gasteiger partial charge in [0.25, 0.3) is 0 Å². The predicted octanol–water partition coefficient (Wildman–Crippen LogP) is 3.55. The molecule has 6 nitrogen and oxygen atoms in total. The lowest BCUT2D eigenvalue weighted by atomic mass is 10.1. The number of allylic oxidation sites excluding steroid dienone is 1. The average Bonchev–Trinajstić information content (AvgIpc) is 2.92. The van der Waals surface area contributed by atoms with Crippen LogP contribution in [0.4, 0.5) is 0 Å². The van der Waals surface area contributed by atoms with Crippen LogP contribution >= 0.6 is 0 Å². The van der Waals surface area contributed by atoms with Crippen LogP contribution in [0.1, 0.15) is 29.4 Å². The van der Waals surface area contributed by atoms with E-state index in [0.29, 0.717) is 13.2 Å². The van der Waals surface area contributed by atoms with Crippen LogP contribution < -0.4 is 9.47 Å². The van der Waals surface area contributed by atoms with Crippen molar-refractivity contribution < 1.29 is 14.3 Å². The van der Waals surface area contributed by atoms with Gasteiger partial charge >= 0.3 is 0 Å². The molecule has 0 N–H and O–H groups in total. The topological polar surface area (TPSA) is 57.9 Å². The summed E-state index contributed by atoms with van der Waals surface area (Å²) in [7, 11) is 3.38. The van der Waals surface area contributed by atoms with Gasteiger partial charge in [-0.2, -0.15) is 5.10 Å². The van der Waals surface area contributed by atoms with Crippen LogP contribution in [0.25, 0.3) is 0 Å². The summed E-state index contributed by atoms with van der Waals surface area (Å²) in [5, 5.41) is 8.07. The van der Waals surface area contributed by atoms with E-state index in [1.165, 1.54) is 7.11 Å². The van der Waals surface area contributed by atoms with Gasteiger partial charge in [0, 0.05) is 7.05 Å². The van der Waals surface area contributed by atoms with E-state index in [0.717, 1.165) is 34.0 Å². The first-order valence-electron chi connectivity index (χ1n) is 8.12. The summed E-state index contributed by atoms with van der Waals surface area (Å²) in [6, 6.07) is 5.90. The van der Waals surface area contributed by atoms with Gasteiger partial charge in [-0.3, -0.25) is 4.68 Å². The van der Waals surface area contributed by atoms with Crippen LogP contribution in [0.15, 0.2) is 35.5 Å². The Kier molecular flexibility index (Phi) is 6.62. The molecule has 0 unspecified atom stereocenters. The summed E-state index contributed by atoms with van der Waals surface area (Å²) < 4.78 is 13.5. The quantitative estimate of drug-likeness (QED) is 0.418. The van der Waals surface area contributed by atoms with Crippen LogP contribution in [-0.2, 0) is 18.5 Å². The molecule has 0 amide bonds. The van der Waals surface area contributed by atoms with Gasteiger partial charge in [-0.05, 0) is 50.1 Å². The number of nitrogens with zero attached hydrogens (tertiary/aromatic N) is 3. The number of ether oxygens (including phenoxy) is 2. The molecule has 0 fully saturated rings. The fourth-order valence-electron chi connectivity index (χ4n) is 2.44. The van der Waals surface area contributed by atoms with Crippen LogP contribution in [0.2, 0.25) is 0 Å². The van der Waals surface area contributed by atoms with E-state index in [1.807, 2.05) is 58.2 Å². The SMILES string of the molecule is C/C=C/COc1cc(C)c(OCc2cc(/C=N/OC)nn2C)c(C)c1. The van der Waals surface area contributed by atoms with Gasteiger partial charge in [-0.15, -0.1) is 0 Å². The minimum absolute atomic E-state index is 0.421. The van der Waals surface area contributed by atoms with Crippen LogP contribution in [0, 0.1) is 13.8 Å². The van der Waals surface area contributed by atoms with Crippen LogP contribution in [0.5, 0.6) is 11.5 Å². The molecule has 6 heteroatoms. The Morgan fingerprint density at radius 1 is 1.16 bits per heavy atom. The maximum Gasteiger partial charge on any atom is 0.130 e. The molecule has 0 aliphatic carbocycles. The maximum absolute atomic E-state index is 6.03. The van der Waals surface area contributed by atoms with Crippen molar-refractivity contribution in [3.8, 4) is 11.5 Å². The average molecular weight is 343 g/mol. The number of hydrogen-bond acceptors (Lipinski definition) is 5. The summed E-state index contributed by atoms with van der Waals surface area (Å²) in [6.45, 7) is 7.00. The van der Waals surface area contributed by atoms with Gasteiger partial charge < -0.3 is 14.3 Å². The van der Waals surface area contributed by atoms with Crippen molar-refractivity contribution >= 4 is 6.21 Å². The first kappa shape index (κ1) is 18.6. The van der Waals surface area contributed by atoms with Crippen molar-refractivity contribution in [1.29, 1.82) is 0 Å². The highest BCUT2D eigenvalue weighted by molar-refractivity contribution is 5.76. The van der Waals surface area contributed by atoms with Gasteiger partial charge in [0.2, 0.25) is 0 Å². The lowest BCUT2D eigenvalue weighted by Gasteiger charge is -2.14. The fraction of sp³-hybridized carbons (Fsp3) is 0.368. The Hall–Kier alpha value is -2.76. The minimum Gasteiger partial charge on any atom is -0.490 e. The zero-order valence-corrected chi connectivity index (χ0v) is 15.4. The van der Waals surface area contributed by atoms with Crippen molar-refractivity contribution in [2.75, 3.05) is 13.7 Å². The van der Waals surface area contributed by atoms with E-state index in [-0.39, 0.29) is 0 Å². The molecule has 0 radical (unpaired) electrons. The molecule has 1 aromatic carbocycles. The summed E-state index contributed by atoms with van der Waals surface area (Å²) in [5.41, 5.74) is 3.76. The first-order valence-corrected chi connectivity index (χ1v) is 8.12. The molecule has 0 bridgehead atoms. The zero-order chi connectivity index (χ0) is 18.2. The van der Waals surface area contributed by atoms with Crippen LogP contribution in [-0.4, -0.2) is 29.7 Å². The van der Waals surface area contributed by atoms with Gasteiger partial charge in [0.1, 0.15) is 37.5 Å². The number of rotatable bonds is 8. The lowest BCUT2D eigenvalue weighted by Crippen LogP contribution is -2.05. The van der Waals surface area contributed by atoms with E-state index in [1.54, 1.807) is 10.9 Å². The lowest BCUT2D eigenvalue weighted by molar-refractivity contribution is 0.215. The third kappa shape index (κ3) is 5.11. The molecular formula is C19H25N3O3. The molecule has 2 aromatic rings. The standard InChI is InChI=1S/C19H25N3O3/c1-6-7-8-24-18-9-14(2)19(15(3)10-18)25-13-17-11-16(12-20-23-5)21-22(17)4/h6-7,9-12H,8,13H2,1-5H3/b7-6+,20-12+. The molecule has 0 spiro atoms. The highest BCUT2D eigenvalue weighted by atomic mass is 16.6. The van der Waals surface area contributed by atoms with Crippen molar-refractivity contribution in [3.63, 3.8) is 0 Å². The molecule has 0 saturated heterocycles. The van der Waals surface area contributed by atoms with Crippen molar-refractivity contribution in [1.82, 2.24) is 9.78 Å². The first-order chi connectivity index (χ1) is 12.0. The molecule has 1 heterocycles. The summed E-state index contributed by atoms with van der Waals surface area (Å²) >= 11 is 0. The second kappa shape index (κ2) is 8.92. The molecule has 25 heavy (non-hydrogen) atoms. The molecule has 0 atom stereocenters. The third-order valence-electron chi connectivity index (χ3n) is 3.67. The molecule has 0 saturated carbocycles. The van der Waals surface area contributed by atoms with E-state index >= 15 is 0 Å². The van der Waals surface area contributed by atoms with Gasteiger partial charge in [-0.25, -0.2) is 0 Å². The van der Waals surface area contributed by atoms with E-state index in [2.05, 4.69) is 15.1 Å². The minimum atomic E-state index is 0.421. The van der Waals surface area contributed by atoms with Gasteiger partial charge in [-0.1, -0.05) is 17.3 Å². The highest BCUT2D eigenvalue weighted by Crippen LogP contribution is 2.29. The third-order valence-corrected chi connectivity index (χ3v) is 3.67. The Morgan fingerprint density at radius 3 is 2.52 bits per heavy atom. The number of aromatic nitrogens is 2. The van der Waals surface area contributed by atoms with Crippen LogP contribution in [0.3, 0.4) is 0 Å². The largest absolute Gasteiger partial charge is 0.490 e. The monoisotopic (exact) mass is 343 g/mol. The van der Waals surface area contributed by atoms with Crippen molar-refractivity contribution in [3.05, 3.63) is 52.9 Å². The van der Waals surface area contributed by atoms with E-state index in [9.17, 15) is 0 Å². The molecule has 134 valence electrons. The smallest absolute Gasteiger partial charge is 0.130 e. The molecule has 0 aliphatic heterocycles. The van der Waals surface area contributed by atoms with E-state index < -0.39 is 0 Å². The maximum atomic E-state index is 6.03. The Bertz CT molecular complexity index is 740. The number of aryl methyl sites for hydroxylation is 3. The second-order valence-corrected chi connectivity index (χ2v) is 5.66. The van der Waals surface area contributed by atoms with Crippen molar-refractivity contribution in [2.45, 2.75) is 27.4 Å². The van der Waals surface area contributed by atoms with Crippen molar-refractivity contribution in [2.24, 2.45) is 12.2 Å².